The highest BCUT2D eigenvalue weighted by Crippen LogP contribution is 1.83. The van der Waals surface area contributed by atoms with Crippen molar-refractivity contribution in [2.45, 2.75) is 26.9 Å². The highest BCUT2D eigenvalue weighted by atomic mass is 27.2. The van der Waals surface area contributed by atoms with E-state index >= 15 is 0 Å². The molecule has 0 spiro atoms. The lowest BCUT2D eigenvalue weighted by Crippen LogP contribution is -2.10. The van der Waals surface area contributed by atoms with Gasteiger partial charge in [-0.3, -0.25) is 0 Å². The van der Waals surface area contributed by atoms with Crippen molar-refractivity contribution in [2.24, 2.45) is 0 Å². The molecule has 0 aliphatic carbocycles. The van der Waals surface area contributed by atoms with Crippen LogP contribution in [0.5, 0.6) is 0 Å². The summed E-state index contributed by atoms with van der Waals surface area (Å²) in [7, 11) is 0. The highest BCUT2D eigenvalue weighted by molar-refractivity contribution is 6.17. The molecule has 8 heavy (non-hydrogen) atoms. The van der Waals surface area contributed by atoms with Gasteiger partial charge < -0.3 is 7.58 Å². The van der Waals surface area contributed by atoms with Crippen molar-refractivity contribution in [3.05, 3.63) is 0 Å². The van der Waals surface area contributed by atoms with Crippen molar-refractivity contribution in [1.82, 2.24) is 0 Å². The summed E-state index contributed by atoms with van der Waals surface area (Å²) in [5.74, 6) is 0. The van der Waals surface area contributed by atoms with E-state index in [1.807, 2.05) is 20.8 Å². The second kappa shape index (κ2) is 5.59. The smallest absolute Gasteiger partial charge is 0.484 e. The molecule has 0 saturated carbocycles. The fourth-order valence-electron chi connectivity index (χ4n) is 0.218. The SMILES string of the molecule is CC[O][Al][O]C(C)C. The van der Waals surface area contributed by atoms with Crippen LogP contribution in [-0.2, 0) is 7.58 Å². The molecule has 0 saturated heterocycles. The van der Waals surface area contributed by atoms with Crippen LogP contribution in [0.2, 0.25) is 0 Å². The average molecular weight is 131 g/mol. The first-order valence-corrected chi connectivity index (χ1v) is 3.80. The fraction of sp³-hybridized carbons (Fsp3) is 1.00. The molecule has 1 radical (unpaired) electrons. The molecule has 0 rings (SSSR count). The minimum atomic E-state index is -0.212. The first kappa shape index (κ1) is 8.45. The van der Waals surface area contributed by atoms with E-state index in [0.717, 1.165) is 6.61 Å². The normalized spacial score (nSPS) is 10.0. The topological polar surface area (TPSA) is 18.5 Å². The zero-order valence-electron chi connectivity index (χ0n) is 5.68. The molecule has 2 nitrogen and oxygen atoms in total. The van der Waals surface area contributed by atoms with Crippen LogP contribution in [-0.4, -0.2) is 28.6 Å². The first-order chi connectivity index (χ1) is 3.77. The molecule has 0 atom stereocenters. The minimum Gasteiger partial charge on any atom is -0.484 e. The van der Waals surface area contributed by atoms with Crippen LogP contribution in [0.4, 0.5) is 0 Å². The Hall–Kier alpha value is 0.452. The van der Waals surface area contributed by atoms with E-state index in [2.05, 4.69) is 0 Å². The summed E-state index contributed by atoms with van der Waals surface area (Å²) in [6.07, 6.45) is 0.316. The maximum absolute atomic E-state index is 5.14. The Labute approximate surface area is 57.6 Å². The summed E-state index contributed by atoms with van der Waals surface area (Å²) in [6, 6.07) is 0. The van der Waals surface area contributed by atoms with Crippen molar-refractivity contribution in [3.63, 3.8) is 0 Å². The third-order valence-corrected chi connectivity index (χ3v) is 1.69. The molecular formula is C5H12AlO2. The van der Waals surface area contributed by atoms with Gasteiger partial charge in [0.25, 0.3) is 0 Å². The van der Waals surface area contributed by atoms with Crippen molar-refractivity contribution in [3.8, 4) is 0 Å². The van der Waals surface area contributed by atoms with Gasteiger partial charge in [-0.2, -0.15) is 0 Å². The Kier molecular flexibility index (Phi) is 5.90. The zero-order valence-corrected chi connectivity index (χ0v) is 6.83. The van der Waals surface area contributed by atoms with E-state index in [1.165, 1.54) is 0 Å². The minimum absolute atomic E-state index is 0.212. The maximum atomic E-state index is 5.14. The maximum Gasteiger partial charge on any atom is 0.668 e. The van der Waals surface area contributed by atoms with Crippen LogP contribution in [0.25, 0.3) is 0 Å². The average Bonchev–Trinajstić information content (AvgIpc) is 1.66. The second-order valence-electron chi connectivity index (χ2n) is 1.74. The number of rotatable bonds is 4. The van der Waals surface area contributed by atoms with Gasteiger partial charge >= 0.3 is 15.9 Å². The van der Waals surface area contributed by atoms with E-state index in [0.29, 0.717) is 6.10 Å². The van der Waals surface area contributed by atoms with Crippen LogP contribution >= 0.6 is 0 Å². The first-order valence-electron chi connectivity index (χ1n) is 2.86. The van der Waals surface area contributed by atoms with Gasteiger partial charge in [0.15, 0.2) is 0 Å². The molecule has 0 aromatic rings. The Morgan fingerprint density at radius 2 is 2.12 bits per heavy atom. The molecule has 0 heterocycles. The van der Waals surface area contributed by atoms with Gasteiger partial charge in [0.2, 0.25) is 0 Å². The van der Waals surface area contributed by atoms with Gasteiger partial charge in [0, 0.05) is 12.7 Å². The molecule has 0 aromatic heterocycles. The molecule has 0 aliphatic rings. The molecular weight excluding hydrogens is 119 g/mol. The van der Waals surface area contributed by atoms with Gasteiger partial charge in [0.05, 0.1) is 0 Å². The van der Waals surface area contributed by atoms with E-state index in [9.17, 15) is 0 Å². The summed E-state index contributed by atoms with van der Waals surface area (Å²) in [4.78, 5) is 0. The lowest BCUT2D eigenvalue weighted by molar-refractivity contribution is 0.185. The number of hydrogen-bond acceptors (Lipinski definition) is 2. The molecule has 0 N–H and O–H groups in total. The lowest BCUT2D eigenvalue weighted by atomic mass is 10.5. The molecule has 47 valence electrons. The molecule has 0 fully saturated rings. The molecule has 0 unspecified atom stereocenters. The second-order valence-corrected chi connectivity index (χ2v) is 2.53. The van der Waals surface area contributed by atoms with Gasteiger partial charge in [-0.15, -0.1) is 0 Å². The van der Waals surface area contributed by atoms with E-state index in [4.69, 9.17) is 7.58 Å². The van der Waals surface area contributed by atoms with Gasteiger partial charge in [-0.25, -0.2) is 0 Å². The van der Waals surface area contributed by atoms with Crippen molar-refractivity contribution in [2.75, 3.05) is 6.61 Å². The molecule has 3 heteroatoms. The highest BCUT2D eigenvalue weighted by Gasteiger charge is 1.97. The summed E-state index contributed by atoms with van der Waals surface area (Å²) in [5, 5.41) is 0. The van der Waals surface area contributed by atoms with Crippen LogP contribution < -0.4 is 0 Å². The zero-order chi connectivity index (χ0) is 6.41. The standard InChI is InChI=1S/C3H7O.C2H5O.Al/c1-3(2)4;1-2-3;/h3H,1-2H3;2H2,1H3;/q2*-1;+2. The predicted octanol–water partition coefficient (Wildman–Crippen LogP) is 0.982. The van der Waals surface area contributed by atoms with E-state index in [1.54, 1.807) is 0 Å². The Morgan fingerprint density at radius 1 is 1.50 bits per heavy atom. The quantitative estimate of drug-likeness (QED) is 0.418. The Balaban J connectivity index is 2.72. The largest absolute Gasteiger partial charge is 0.668 e. The van der Waals surface area contributed by atoms with E-state index in [-0.39, 0.29) is 15.9 Å². The van der Waals surface area contributed by atoms with Gasteiger partial charge in [-0.05, 0) is 20.8 Å². The van der Waals surface area contributed by atoms with Gasteiger partial charge in [0.1, 0.15) is 0 Å². The lowest BCUT2D eigenvalue weighted by Gasteiger charge is -2.04. The van der Waals surface area contributed by atoms with Crippen LogP contribution in [0.15, 0.2) is 0 Å². The fourth-order valence-corrected chi connectivity index (χ4v) is 0.655. The van der Waals surface area contributed by atoms with E-state index < -0.39 is 0 Å². The Bertz CT molecular complexity index is 47.7. The summed E-state index contributed by atoms with van der Waals surface area (Å²) < 4.78 is 10.1. The van der Waals surface area contributed by atoms with Crippen molar-refractivity contribution < 1.29 is 7.58 Å². The van der Waals surface area contributed by atoms with Crippen LogP contribution in [0, 0.1) is 0 Å². The third kappa shape index (κ3) is 6.45. The van der Waals surface area contributed by atoms with Crippen LogP contribution in [0.3, 0.4) is 0 Å². The summed E-state index contributed by atoms with van der Waals surface area (Å²) in [6.45, 7) is 6.75. The summed E-state index contributed by atoms with van der Waals surface area (Å²) in [5.41, 5.74) is 0. The molecule has 0 aliphatic heterocycles. The van der Waals surface area contributed by atoms with Crippen molar-refractivity contribution in [1.29, 1.82) is 0 Å². The summed E-state index contributed by atoms with van der Waals surface area (Å²) >= 11 is -0.212. The molecule has 0 aromatic carbocycles. The number of hydrogen-bond donors (Lipinski definition) is 0. The molecule has 0 bridgehead atoms. The third-order valence-electron chi connectivity index (χ3n) is 0.562. The molecule has 0 amide bonds. The van der Waals surface area contributed by atoms with Crippen molar-refractivity contribution >= 4 is 15.9 Å². The Morgan fingerprint density at radius 3 is 2.50 bits per heavy atom. The van der Waals surface area contributed by atoms with Crippen LogP contribution in [0.1, 0.15) is 20.8 Å². The monoisotopic (exact) mass is 131 g/mol. The van der Waals surface area contributed by atoms with Gasteiger partial charge in [-0.1, -0.05) is 0 Å². The predicted molar refractivity (Wildman–Crippen MR) is 33.6 cm³/mol.